The minimum atomic E-state index is -0.413. The zero-order chi connectivity index (χ0) is 14.7. The van der Waals surface area contributed by atoms with E-state index in [4.69, 9.17) is 16.9 Å². The number of carbonyl (C=O) groups excluding carboxylic acids is 1. The molecule has 2 aromatic rings. The number of aromatic nitrogens is 1. The quantitative estimate of drug-likeness (QED) is 0.920. The number of carbonyl (C=O) groups is 1. The number of nitriles is 1. The van der Waals surface area contributed by atoms with Gasteiger partial charge in [-0.25, -0.2) is 0 Å². The number of halogens is 1. The maximum Gasteiger partial charge on any atom is 0.255 e. The van der Waals surface area contributed by atoms with Crippen LogP contribution >= 0.6 is 11.6 Å². The van der Waals surface area contributed by atoms with Crippen molar-refractivity contribution >= 4 is 23.2 Å². The van der Waals surface area contributed by atoms with Gasteiger partial charge in [-0.2, -0.15) is 5.26 Å². The predicted molar refractivity (Wildman–Crippen MR) is 75.8 cm³/mol. The molecule has 0 aliphatic heterocycles. The third-order valence-electron chi connectivity index (χ3n) is 2.71. The summed E-state index contributed by atoms with van der Waals surface area (Å²) in [7, 11) is 1.60. The van der Waals surface area contributed by atoms with E-state index in [-0.39, 0.29) is 16.1 Å². The molecule has 100 valence electrons. The van der Waals surface area contributed by atoms with Crippen LogP contribution in [0.5, 0.6) is 0 Å². The lowest BCUT2D eigenvalue weighted by Gasteiger charge is -2.06. The highest BCUT2D eigenvalue weighted by Crippen LogP contribution is 2.20. The van der Waals surface area contributed by atoms with Crippen molar-refractivity contribution in [1.82, 2.24) is 4.57 Å². The third kappa shape index (κ3) is 2.87. The van der Waals surface area contributed by atoms with Crippen molar-refractivity contribution in [2.45, 2.75) is 0 Å². The topological polar surface area (TPSA) is 74.9 Å². The summed E-state index contributed by atoms with van der Waals surface area (Å²) in [6.07, 6.45) is 1.52. The number of hydrogen-bond acceptors (Lipinski definition) is 3. The number of aryl methyl sites for hydroxylation is 1. The second-order valence-electron chi connectivity index (χ2n) is 4.13. The predicted octanol–water partition coefficient (Wildman–Crippen LogP) is 2.16. The summed E-state index contributed by atoms with van der Waals surface area (Å²) >= 11 is 5.88. The third-order valence-corrected chi connectivity index (χ3v) is 3.03. The van der Waals surface area contributed by atoms with Gasteiger partial charge in [0.15, 0.2) is 0 Å². The van der Waals surface area contributed by atoms with Gasteiger partial charge in [0.25, 0.3) is 11.5 Å². The molecule has 20 heavy (non-hydrogen) atoms. The van der Waals surface area contributed by atoms with E-state index in [2.05, 4.69) is 5.32 Å². The van der Waals surface area contributed by atoms with Gasteiger partial charge < -0.3 is 9.88 Å². The lowest BCUT2D eigenvalue weighted by atomic mass is 10.2. The van der Waals surface area contributed by atoms with Gasteiger partial charge >= 0.3 is 0 Å². The summed E-state index contributed by atoms with van der Waals surface area (Å²) in [5, 5.41) is 11.6. The molecule has 0 saturated heterocycles. The highest BCUT2D eigenvalue weighted by molar-refractivity contribution is 6.32. The first-order valence-electron chi connectivity index (χ1n) is 5.69. The molecule has 0 spiro atoms. The minimum Gasteiger partial charge on any atom is -0.322 e. The smallest absolute Gasteiger partial charge is 0.255 e. The molecule has 1 N–H and O–H groups in total. The summed E-state index contributed by atoms with van der Waals surface area (Å²) in [5.41, 5.74) is 0.780. The first kappa shape index (κ1) is 13.8. The molecule has 0 radical (unpaired) electrons. The van der Waals surface area contributed by atoms with Gasteiger partial charge in [0.05, 0.1) is 10.6 Å². The Morgan fingerprint density at radius 1 is 1.35 bits per heavy atom. The molecular formula is C14H10ClN3O2. The number of anilines is 1. The molecule has 5 nitrogen and oxygen atoms in total. The Morgan fingerprint density at radius 3 is 2.70 bits per heavy atom. The standard InChI is InChI=1S/C14H10ClN3O2/c1-18-5-4-9(6-13(18)19)14(20)17-11-3-2-10(8-16)12(15)7-11/h2-7H,1H3,(H,17,20). The molecule has 0 saturated carbocycles. The van der Waals surface area contributed by atoms with Gasteiger partial charge in [0.1, 0.15) is 6.07 Å². The maximum absolute atomic E-state index is 12.0. The lowest BCUT2D eigenvalue weighted by molar-refractivity contribution is 0.102. The van der Waals surface area contributed by atoms with E-state index in [9.17, 15) is 9.59 Å². The summed E-state index contributed by atoms with van der Waals surface area (Å²) in [5.74, 6) is -0.413. The van der Waals surface area contributed by atoms with E-state index >= 15 is 0 Å². The molecule has 1 heterocycles. The Hall–Kier alpha value is -2.58. The Morgan fingerprint density at radius 2 is 2.10 bits per heavy atom. The van der Waals surface area contributed by atoms with Crippen LogP contribution in [0.3, 0.4) is 0 Å². The Kier molecular flexibility index (Phi) is 3.87. The van der Waals surface area contributed by atoms with Crippen LogP contribution in [-0.2, 0) is 7.05 Å². The molecule has 0 atom stereocenters. The maximum atomic E-state index is 12.0. The zero-order valence-corrected chi connectivity index (χ0v) is 11.3. The molecule has 0 fully saturated rings. The van der Waals surface area contributed by atoms with Gasteiger partial charge in [0, 0.05) is 30.6 Å². The van der Waals surface area contributed by atoms with E-state index in [1.165, 1.54) is 29.0 Å². The zero-order valence-electron chi connectivity index (χ0n) is 10.6. The fourth-order valence-electron chi connectivity index (χ4n) is 1.58. The van der Waals surface area contributed by atoms with Crippen LogP contribution in [0, 0.1) is 11.3 Å². The molecule has 1 aromatic heterocycles. The first-order chi connectivity index (χ1) is 9.51. The van der Waals surface area contributed by atoms with Crippen molar-refractivity contribution in [1.29, 1.82) is 5.26 Å². The fraction of sp³-hybridized carbons (Fsp3) is 0.0714. The molecular weight excluding hydrogens is 278 g/mol. The molecule has 0 bridgehead atoms. The van der Waals surface area contributed by atoms with Gasteiger partial charge in [0.2, 0.25) is 0 Å². The second kappa shape index (κ2) is 5.59. The van der Waals surface area contributed by atoms with E-state index in [1.54, 1.807) is 19.2 Å². The number of benzene rings is 1. The summed E-state index contributed by atoms with van der Waals surface area (Å²) in [6, 6.07) is 9.30. The SMILES string of the molecule is Cn1ccc(C(=O)Nc2ccc(C#N)c(Cl)c2)cc1=O. The van der Waals surface area contributed by atoms with Crippen molar-refractivity contribution in [2.24, 2.45) is 7.05 Å². The number of nitrogens with one attached hydrogen (secondary N) is 1. The Labute approximate surface area is 120 Å². The van der Waals surface area contributed by atoms with Crippen LogP contribution in [0.4, 0.5) is 5.69 Å². The number of nitrogens with zero attached hydrogens (tertiary/aromatic N) is 2. The molecule has 0 aliphatic rings. The van der Waals surface area contributed by atoms with E-state index in [0.29, 0.717) is 11.3 Å². The van der Waals surface area contributed by atoms with Crippen molar-refractivity contribution < 1.29 is 4.79 Å². The minimum absolute atomic E-state index is 0.258. The van der Waals surface area contributed by atoms with Crippen LogP contribution in [0.25, 0.3) is 0 Å². The molecule has 1 aromatic carbocycles. The highest BCUT2D eigenvalue weighted by Gasteiger charge is 2.08. The van der Waals surface area contributed by atoms with Gasteiger partial charge in [-0.1, -0.05) is 11.6 Å². The van der Waals surface area contributed by atoms with Crippen LogP contribution < -0.4 is 10.9 Å². The monoisotopic (exact) mass is 287 g/mol. The van der Waals surface area contributed by atoms with Crippen LogP contribution in [0.1, 0.15) is 15.9 Å². The lowest BCUT2D eigenvalue weighted by Crippen LogP contribution is -2.19. The molecule has 2 rings (SSSR count). The number of rotatable bonds is 2. The number of hydrogen-bond donors (Lipinski definition) is 1. The largest absolute Gasteiger partial charge is 0.322 e. The molecule has 6 heteroatoms. The Bertz CT molecular complexity index is 775. The molecule has 0 unspecified atom stereocenters. The van der Waals surface area contributed by atoms with Crippen molar-refractivity contribution in [3.8, 4) is 6.07 Å². The van der Waals surface area contributed by atoms with Gasteiger partial charge in [-0.3, -0.25) is 9.59 Å². The number of pyridine rings is 1. The van der Waals surface area contributed by atoms with Crippen molar-refractivity contribution in [3.05, 3.63) is 63.0 Å². The summed E-state index contributed by atoms with van der Waals surface area (Å²) < 4.78 is 1.37. The van der Waals surface area contributed by atoms with Crippen LogP contribution in [0.15, 0.2) is 41.3 Å². The molecule has 1 amide bonds. The van der Waals surface area contributed by atoms with Crippen LogP contribution in [-0.4, -0.2) is 10.5 Å². The van der Waals surface area contributed by atoms with Crippen molar-refractivity contribution in [2.75, 3.05) is 5.32 Å². The molecule has 0 aliphatic carbocycles. The normalized spacial score (nSPS) is 9.85. The van der Waals surface area contributed by atoms with E-state index in [0.717, 1.165) is 0 Å². The summed E-state index contributed by atoms with van der Waals surface area (Å²) in [6.45, 7) is 0. The first-order valence-corrected chi connectivity index (χ1v) is 6.07. The average Bonchev–Trinajstić information content (AvgIpc) is 2.42. The highest BCUT2D eigenvalue weighted by atomic mass is 35.5. The van der Waals surface area contributed by atoms with Crippen LogP contribution in [0.2, 0.25) is 5.02 Å². The van der Waals surface area contributed by atoms with Crippen molar-refractivity contribution in [3.63, 3.8) is 0 Å². The van der Waals surface area contributed by atoms with Gasteiger partial charge in [-0.15, -0.1) is 0 Å². The number of amides is 1. The van der Waals surface area contributed by atoms with E-state index in [1.807, 2.05) is 6.07 Å². The second-order valence-corrected chi connectivity index (χ2v) is 4.53. The van der Waals surface area contributed by atoms with Gasteiger partial charge in [-0.05, 0) is 24.3 Å². The summed E-state index contributed by atoms with van der Waals surface area (Å²) in [4.78, 5) is 23.4. The fourth-order valence-corrected chi connectivity index (χ4v) is 1.80. The Balaban J connectivity index is 2.23. The average molecular weight is 288 g/mol. The van der Waals surface area contributed by atoms with E-state index < -0.39 is 5.91 Å².